The molecule has 0 aliphatic carbocycles. The molecule has 0 amide bonds. The van der Waals surface area contributed by atoms with Crippen LogP contribution in [-0.4, -0.2) is 26.2 Å². The fourth-order valence-corrected chi connectivity index (χ4v) is 2.06. The fourth-order valence-electron chi connectivity index (χ4n) is 2.06. The summed E-state index contributed by atoms with van der Waals surface area (Å²) < 4.78 is 4.78. The minimum Gasteiger partial charge on any atom is -0.465 e. The standard InChI is InChI=1S/C15H24N2O2/c1-5-7-8-17(6-2)12-9-11(3)14(16)13(10-12)15(18)19-4/h9-10H,5-8,16H2,1-4H3. The third kappa shape index (κ3) is 3.63. The van der Waals surface area contributed by atoms with Crippen LogP contribution in [0.3, 0.4) is 0 Å². The third-order valence-electron chi connectivity index (χ3n) is 3.31. The Balaban J connectivity index is 3.14. The number of methoxy groups -OCH3 is 1. The van der Waals surface area contributed by atoms with Gasteiger partial charge in [0.2, 0.25) is 0 Å². The zero-order chi connectivity index (χ0) is 14.4. The number of nitrogens with zero attached hydrogens (tertiary/aromatic N) is 1. The molecule has 0 aliphatic heterocycles. The van der Waals surface area contributed by atoms with Crippen LogP contribution in [-0.2, 0) is 4.74 Å². The van der Waals surface area contributed by atoms with Gasteiger partial charge in [-0.3, -0.25) is 0 Å². The molecule has 19 heavy (non-hydrogen) atoms. The number of ether oxygens (including phenoxy) is 1. The molecule has 2 N–H and O–H groups in total. The summed E-state index contributed by atoms with van der Waals surface area (Å²) in [5.74, 6) is -0.381. The highest BCUT2D eigenvalue weighted by atomic mass is 16.5. The lowest BCUT2D eigenvalue weighted by Gasteiger charge is -2.24. The van der Waals surface area contributed by atoms with Crippen LogP contribution < -0.4 is 10.6 Å². The van der Waals surface area contributed by atoms with E-state index in [4.69, 9.17) is 10.5 Å². The van der Waals surface area contributed by atoms with Crippen molar-refractivity contribution in [1.82, 2.24) is 0 Å². The highest BCUT2D eigenvalue weighted by molar-refractivity contribution is 5.97. The summed E-state index contributed by atoms with van der Waals surface area (Å²) in [7, 11) is 1.37. The molecule has 0 aliphatic rings. The van der Waals surface area contributed by atoms with E-state index in [9.17, 15) is 4.79 Å². The maximum Gasteiger partial charge on any atom is 0.340 e. The maximum absolute atomic E-state index is 11.7. The van der Waals surface area contributed by atoms with Gasteiger partial charge in [-0.15, -0.1) is 0 Å². The third-order valence-corrected chi connectivity index (χ3v) is 3.31. The molecule has 4 heteroatoms. The lowest BCUT2D eigenvalue weighted by atomic mass is 10.1. The second-order valence-electron chi connectivity index (χ2n) is 4.65. The van der Waals surface area contributed by atoms with Crippen molar-refractivity contribution in [2.75, 3.05) is 30.8 Å². The van der Waals surface area contributed by atoms with E-state index in [2.05, 4.69) is 18.7 Å². The van der Waals surface area contributed by atoms with Crippen molar-refractivity contribution in [2.45, 2.75) is 33.6 Å². The molecule has 0 radical (unpaired) electrons. The van der Waals surface area contributed by atoms with Crippen molar-refractivity contribution < 1.29 is 9.53 Å². The predicted molar refractivity (Wildman–Crippen MR) is 79.7 cm³/mol. The van der Waals surface area contributed by atoms with Crippen molar-refractivity contribution in [1.29, 1.82) is 0 Å². The Kier molecular flexibility index (Phi) is 5.67. The summed E-state index contributed by atoms with van der Waals surface area (Å²) in [4.78, 5) is 14.0. The number of nitrogen functional groups attached to an aromatic ring is 1. The van der Waals surface area contributed by atoms with Gasteiger partial charge in [0.05, 0.1) is 12.7 Å². The minimum absolute atomic E-state index is 0.381. The van der Waals surface area contributed by atoms with Gasteiger partial charge in [0, 0.05) is 24.5 Å². The molecule has 0 fully saturated rings. The average Bonchev–Trinajstić information content (AvgIpc) is 2.42. The molecular formula is C15H24N2O2. The molecule has 0 unspecified atom stereocenters. The quantitative estimate of drug-likeness (QED) is 0.634. The highest BCUT2D eigenvalue weighted by Crippen LogP contribution is 2.26. The maximum atomic E-state index is 11.7. The lowest BCUT2D eigenvalue weighted by molar-refractivity contribution is 0.0602. The molecule has 0 spiro atoms. The zero-order valence-corrected chi connectivity index (χ0v) is 12.3. The van der Waals surface area contributed by atoms with Gasteiger partial charge in [0.25, 0.3) is 0 Å². The first-order chi connectivity index (χ1) is 9.04. The SMILES string of the molecule is CCCCN(CC)c1cc(C)c(N)c(C(=O)OC)c1. The van der Waals surface area contributed by atoms with E-state index >= 15 is 0 Å². The van der Waals surface area contributed by atoms with Crippen molar-refractivity contribution >= 4 is 17.3 Å². The Hall–Kier alpha value is -1.71. The van der Waals surface area contributed by atoms with Gasteiger partial charge in [-0.05, 0) is 38.0 Å². The molecule has 0 bridgehead atoms. The number of aryl methyl sites for hydroxylation is 1. The number of carbonyl (C=O) groups is 1. The Labute approximate surface area is 115 Å². The predicted octanol–water partition coefficient (Wildman–Crippen LogP) is 2.99. The molecule has 1 rings (SSSR count). The number of nitrogens with two attached hydrogens (primary N) is 1. The Bertz CT molecular complexity index is 444. The van der Waals surface area contributed by atoms with Gasteiger partial charge in [0.1, 0.15) is 0 Å². The van der Waals surface area contributed by atoms with Crippen molar-refractivity contribution in [3.63, 3.8) is 0 Å². The van der Waals surface area contributed by atoms with Crippen LogP contribution in [0, 0.1) is 6.92 Å². The van der Waals surface area contributed by atoms with E-state index in [0.717, 1.165) is 37.2 Å². The van der Waals surface area contributed by atoms with Crippen LogP contribution in [0.4, 0.5) is 11.4 Å². The van der Waals surface area contributed by atoms with Crippen LogP contribution >= 0.6 is 0 Å². The van der Waals surface area contributed by atoms with Gasteiger partial charge in [-0.25, -0.2) is 4.79 Å². The summed E-state index contributed by atoms with van der Waals surface area (Å²) >= 11 is 0. The normalized spacial score (nSPS) is 10.3. The van der Waals surface area contributed by atoms with E-state index < -0.39 is 0 Å². The Morgan fingerprint density at radius 3 is 2.58 bits per heavy atom. The smallest absolute Gasteiger partial charge is 0.340 e. The number of rotatable bonds is 6. The Morgan fingerprint density at radius 1 is 1.37 bits per heavy atom. The summed E-state index contributed by atoms with van der Waals surface area (Å²) in [5, 5.41) is 0. The average molecular weight is 264 g/mol. The van der Waals surface area contributed by atoms with Crippen molar-refractivity contribution in [2.24, 2.45) is 0 Å². The molecule has 0 aromatic heterocycles. The first-order valence-electron chi connectivity index (χ1n) is 6.78. The lowest BCUT2D eigenvalue weighted by Crippen LogP contribution is -2.24. The summed E-state index contributed by atoms with van der Waals surface area (Å²) in [6, 6.07) is 3.86. The van der Waals surface area contributed by atoms with E-state index in [1.807, 2.05) is 19.1 Å². The topological polar surface area (TPSA) is 55.6 Å². The van der Waals surface area contributed by atoms with Crippen LogP contribution in [0.2, 0.25) is 0 Å². The second-order valence-corrected chi connectivity index (χ2v) is 4.65. The van der Waals surface area contributed by atoms with Crippen molar-refractivity contribution in [3.05, 3.63) is 23.3 Å². The van der Waals surface area contributed by atoms with Crippen LogP contribution in [0.1, 0.15) is 42.6 Å². The number of carbonyl (C=O) groups excluding carboxylic acids is 1. The van der Waals surface area contributed by atoms with E-state index in [0.29, 0.717) is 11.3 Å². The second kappa shape index (κ2) is 7.02. The fraction of sp³-hybridized carbons (Fsp3) is 0.533. The summed E-state index contributed by atoms with van der Waals surface area (Å²) in [6.07, 6.45) is 2.28. The van der Waals surface area contributed by atoms with Gasteiger partial charge in [-0.2, -0.15) is 0 Å². The van der Waals surface area contributed by atoms with E-state index in [1.165, 1.54) is 7.11 Å². The van der Waals surface area contributed by atoms with E-state index in [-0.39, 0.29) is 5.97 Å². The number of benzene rings is 1. The van der Waals surface area contributed by atoms with Gasteiger partial charge in [0.15, 0.2) is 0 Å². The Morgan fingerprint density at radius 2 is 2.05 bits per heavy atom. The summed E-state index contributed by atoms with van der Waals surface area (Å²) in [5.41, 5.74) is 8.84. The largest absolute Gasteiger partial charge is 0.465 e. The van der Waals surface area contributed by atoms with Gasteiger partial charge >= 0.3 is 5.97 Å². The summed E-state index contributed by atoms with van der Waals surface area (Å²) in [6.45, 7) is 8.08. The zero-order valence-electron chi connectivity index (χ0n) is 12.3. The molecule has 0 atom stereocenters. The number of hydrogen-bond acceptors (Lipinski definition) is 4. The monoisotopic (exact) mass is 264 g/mol. The number of anilines is 2. The van der Waals surface area contributed by atoms with Crippen LogP contribution in [0.5, 0.6) is 0 Å². The molecule has 1 aromatic rings. The molecule has 106 valence electrons. The molecule has 0 saturated heterocycles. The highest BCUT2D eigenvalue weighted by Gasteiger charge is 2.15. The van der Waals surface area contributed by atoms with Crippen LogP contribution in [0.25, 0.3) is 0 Å². The molecular weight excluding hydrogens is 240 g/mol. The first kappa shape index (κ1) is 15.3. The van der Waals surface area contributed by atoms with Gasteiger partial charge in [-0.1, -0.05) is 13.3 Å². The minimum atomic E-state index is -0.381. The molecule has 0 heterocycles. The molecule has 0 saturated carbocycles. The van der Waals surface area contributed by atoms with Crippen molar-refractivity contribution in [3.8, 4) is 0 Å². The molecule has 4 nitrogen and oxygen atoms in total. The number of hydrogen-bond donors (Lipinski definition) is 1. The van der Waals surface area contributed by atoms with Crippen LogP contribution in [0.15, 0.2) is 12.1 Å². The number of esters is 1. The molecule has 1 aromatic carbocycles. The van der Waals surface area contributed by atoms with Gasteiger partial charge < -0.3 is 15.4 Å². The van der Waals surface area contributed by atoms with E-state index in [1.54, 1.807) is 0 Å². The first-order valence-corrected chi connectivity index (χ1v) is 6.78. The number of unbranched alkanes of at least 4 members (excludes halogenated alkanes) is 1.